The molecule has 1 aliphatic rings. The summed E-state index contributed by atoms with van der Waals surface area (Å²) in [7, 11) is 1.80. The van der Waals surface area contributed by atoms with Gasteiger partial charge < -0.3 is 9.47 Å². The third-order valence-electron chi connectivity index (χ3n) is 3.58. The van der Waals surface area contributed by atoms with Crippen LogP contribution in [-0.2, 0) is 9.47 Å². The van der Waals surface area contributed by atoms with Gasteiger partial charge in [-0.3, -0.25) is 0 Å². The van der Waals surface area contributed by atoms with E-state index in [1.54, 1.807) is 7.11 Å². The second-order valence-electron chi connectivity index (χ2n) is 6.29. The molecule has 0 radical (unpaired) electrons. The molecule has 4 atom stereocenters. The van der Waals surface area contributed by atoms with Crippen molar-refractivity contribution in [1.29, 1.82) is 0 Å². The highest BCUT2D eigenvalue weighted by atomic mass is 16.5. The van der Waals surface area contributed by atoms with E-state index < -0.39 is 0 Å². The molecule has 16 heavy (non-hydrogen) atoms. The quantitative estimate of drug-likeness (QED) is 0.734. The minimum Gasteiger partial charge on any atom is -0.381 e. The molecule has 0 spiro atoms. The predicted molar refractivity (Wildman–Crippen MR) is 67.6 cm³/mol. The molecule has 0 saturated heterocycles. The highest BCUT2D eigenvalue weighted by molar-refractivity contribution is 4.84. The van der Waals surface area contributed by atoms with Crippen molar-refractivity contribution in [2.24, 2.45) is 11.8 Å². The van der Waals surface area contributed by atoms with Crippen LogP contribution in [0.4, 0.5) is 0 Å². The Morgan fingerprint density at radius 1 is 1.19 bits per heavy atom. The average molecular weight is 228 g/mol. The van der Waals surface area contributed by atoms with E-state index >= 15 is 0 Å². The topological polar surface area (TPSA) is 18.5 Å². The van der Waals surface area contributed by atoms with Crippen molar-refractivity contribution in [3.63, 3.8) is 0 Å². The highest BCUT2D eigenvalue weighted by Crippen LogP contribution is 2.35. The highest BCUT2D eigenvalue weighted by Gasteiger charge is 2.35. The standard InChI is InChI=1S/C14H28O2/c1-10-7-8-13(16-14(3,4)5)12(9-10)11(2)15-6/h10-13H,7-9H2,1-6H3/t10-,11+,12?,13?/m1/s1. The smallest absolute Gasteiger partial charge is 0.0635 e. The molecule has 2 nitrogen and oxygen atoms in total. The lowest BCUT2D eigenvalue weighted by atomic mass is 9.77. The molecule has 1 fully saturated rings. The third kappa shape index (κ3) is 4.06. The second kappa shape index (κ2) is 5.50. The van der Waals surface area contributed by atoms with E-state index in [1.165, 1.54) is 19.3 Å². The fraction of sp³-hybridized carbons (Fsp3) is 1.00. The van der Waals surface area contributed by atoms with Crippen molar-refractivity contribution in [3.8, 4) is 0 Å². The van der Waals surface area contributed by atoms with Gasteiger partial charge in [0.15, 0.2) is 0 Å². The summed E-state index contributed by atoms with van der Waals surface area (Å²) in [6, 6.07) is 0. The summed E-state index contributed by atoms with van der Waals surface area (Å²) in [5.41, 5.74) is -0.0447. The van der Waals surface area contributed by atoms with Crippen molar-refractivity contribution in [3.05, 3.63) is 0 Å². The minimum absolute atomic E-state index is 0.0447. The van der Waals surface area contributed by atoms with Crippen LogP contribution in [0.2, 0.25) is 0 Å². The first kappa shape index (κ1) is 14.0. The van der Waals surface area contributed by atoms with E-state index in [4.69, 9.17) is 9.47 Å². The Hall–Kier alpha value is -0.0800. The van der Waals surface area contributed by atoms with Gasteiger partial charge in [-0.25, -0.2) is 0 Å². The summed E-state index contributed by atoms with van der Waals surface area (Å²) < 4.78 is 11.7. The zero-order chi connectivity index (χ0) is 12.3. The predicted octanol–water partition coefficient (Wildman–Crippen LogP) is 3.64. The van der Waals surface area contributed by atoms with Crippen LogP contribution in [0.3, 0.4) is 0 Å². The van der Waals surface area contributed by atoms with Crippen LogP contribution >= 0.6 is 0 Å². The summed E-state index contributed by atoms with van der Waals surface area (Å²) in [5.74, 6) is 1.36. The van der Waals surface area contributed by atoms with Gasteiger partial charge in [0.25, 0.3) is 0 Å². The molecule has 0 heterocycles. The fourth-order valence-electron chi connectivity index (χ4n) is 2.67. The maximum absolute atomic E-state index is 6.18. The fourth-order valence-corrected chi connectivity index (χ4v) is 2.67. The average Bonchev–Trinajstić information content (AvgIpc) is 2.17. The number of rotatable bonds is 3. The van der Waals surface area contributed by atoms with Crippen LogP contribution in [0.1, 0.15) is 53.9 Å². The SMILES string of the molecule is CO[C@@H](C)C1C[C@H](C)CCC1OC(C)(C)C. The van der Waals surface area contributed by atoms with Gasteiger partial charge in [-0.2, -0.15) is 0 Å². The van der Waals surface area contributed by atoms with Crippen LogP contribution in [-0.4, -0.2) is 24.9 Å². The molecule has 0 N–H and O–H groups in total. The molecule has 1 rings (SSSR count). The van der Waals surface area contributed by atoms with Crippen molar-refractivity contribution in [2.45, 2.75) is 71.7 Å². The molecule has 1 saturated carbocycles. The molecule has 0 aliphatic heterocycles. The second-order valence-corrected chi connectivity index (χ2v) is 6.29. The van der Waals surface area contributed by atoms with Crippen molar-refractivity contribution in [2.75, 3.05) is 7.11 Å². The number of methoxy groups -OCH3 is 1. The van der Waals surface area contributed by atoms with Crippen molar-refractivity contribution < 1.29 is 9.47 Å². The number of hydrogen-bond acceptors (Lipinski definition) is 2. The zero-order valence-electron chi connectivity index (χ0n) is 11.7. The minimum atomic E-state index is -0.0447. The number of hydrogen-bond donors (Lipinski definition) is 0. The van der Waals surface area contributed by atoms with Gasteiger partial charge >= 0.3 is 0 Å². The van der Waals surface area contributed by atoms with E-state index in [0.717, 1.165) is 5.92 Å². The first-order chi connectivity index (χ1) is 7.33. The zero-order valence-corrected chi connectivity index (χ0v) is 11.7. The van der Waals surface area contributed by atoms with E-state index in [9.17, 15) is 0 Å². The lowest BCUT2D eigenvalue weighted by Gasteiger charge is -2.40. The molecule has 2 heteroatoms. The number of ether oxygens (including phenoxy) is 2. The molecule has 0 amide bonds. The molecular weight excluding hydrogens is 200 g/mol. The van der Waals surface area contributed by atoms with Crippen LogP contribution in [0.15, 0.2) is 0 Å². The van der Waals surface area contributed by atoms with Gasteiger partial charge in [-0.15, -0.1) is 0 Å². The normalized spacial score (nSPS) is 33.8. The Morgan fingerprint density at radius 2 is 1.81 bits per heavy atom. The van der Waals surface area contributed by atoms with Crippen molar-refractivity contribution >= 4 is 0 Å². The molecule has 2 unspecified atom stereocenters. The van der Waals surface area contributed by atoms with Gasteiger partial charge in [0.1, 0.15) is 0 Å². The van der Waals surface area contributed by atoms with Crippen molar-refractivity contribution in [1.82, 2.24) is 0 Å². The monoisotopic (exact) mass is 228 g/mol. The van der Waals surface area contributed by atoms with E-state index in [2.05, 4.69) is 34.6 Å². The lowest BCUT2D eigenvalue weighted by molar-refractivity contribution is -0.130. The van der Waals surface area contributed by atoms with Gasteiger partial charge in [-0.05, 0) is 52.9 Å². The van der Waals surface area contributed by atoms with Gasteiger partial charge in [0.2, 0.25) is 0 Å². The van der Waals surface area contributed by atoms with Gasteiger partial charge in [0, 0.05) is 13.0 Å². The first-order valence-electron chi connectivity index (χ1n) is 6.54. The first-order valence-corrected chi connectivity index (χ1v) is 6.54. The molecular formula is C14H28O2. The van der Waals surface area contributed by atoms with Crippen LogP contribution < -0.4 is 0 Å². The summed E-state index contributed by atoms with van der Waals surface area (Å²) in [6.07, 6.45) is 4.36. The Labute approximate surface area is 101 Å². The van der Waals surface area contributed by atoms with Crippen LogP contribution in [0.5, 0.6) is 0 Å². The molecule has 0 aromatic carbocycles. The molecule has 0 aromatic rings. The lowest BCUT2D eigenvalue weighted by Crippen LogP contribution is -2.41. The van der Waals surface area contributed by atoms with E-state index in [-0.39, 0.29) is 5.60 Å². The third-order valence-corrected chi connectivity index (χ3v) is 3.58. The molecule has 1 aliphatic carbocycles. The van der Waals surface area contributed by atoms with Crippen LogP contribution in [0.25, 0.3) is 0 Å². The molecule has 0 aromatic heterocycles. The van der Waals surface area contributed by atoms with Crippen LogP contribution in [0, 0.1) is 11.8 Å². The Bertz CT molecular complexity index is 207. The summed E-state index contributed by atoms with van der Waals surface area (Å²) >= 11 is 0. The summed E-state index contributed by atoms with van der Waals surface area (Å²) in [6.45, 7) is 10.9. The maximum Gasteiger partial charge on any atom is 0.0635 e. The summed E-state index contributed by atoms with van der Waals surface area (Å²) in [5, 5.41) is 0. The van der Waals surface area contributed by atoms with E-state index in [1.807, 2.05) is 0 Å². The molecule has 96 valence electrons. The Morgan fingerprint density at radius 3 is 2.31 bits per heavy atom. The Balaban J connectivity index is 2.64. The largest absolute Gasteiger partial charge is 0.381 e. The van der Waals surface area contributed by atoms with Gasteiger partial charge in [-0.1, -0.05) is 6.92 Å². The Kier molecular flexibility index (Phi) is 4.81. The maximum atomic E-state index is 6.18. The summed E-state index contributed by atoms with van der Waals surface area (Å²) in [4.78, 5) is 0. The van der Waals surface area contributed by atoms with Gasteiger partial charge in [0.05, 0.1) is 17.8 Å². The van der Waals surface area contributed by atoms with E-state index in [0.29, 0.717) is 18.1 Å². The molecule has 0 bridgehead atoms.